The molecule has 1 saturated carbocycles. The van der Waals surface area contributed by atoms with Gasteiger partial charge in [0.15, 0.2) is 0 Å². The van der Waals surface area contributed by atoms with Crippen molar-refractivity contribution < 1.29 is 22.3 Å². The standard InChI is InChI=1S/C9H8F4O/c10-8(11)6-4-1-2-5(3-4)7(6)9(12,13)14-8/h1-2,4-7H,3H2. The molecule has 5 heteroatoms. The summed E-state index contributed by atoms with van der Waals surface area (Å²) in [5, 5.41) is 0. The van der Waals surface area contributed by atoms with Gasteiger partial charge in [0.05, 0.1) is 11.8 Å². The molecule has 14 heavy (non-hydrogen) atoms. The van der Waals surface area contributed by atoms with Gasteiger partial charge in [-0.3, -0.25) is 4.74 Å². The van der Waals surface area contributed by atoms with Crippen molar-refractivity contribution in [3.63, 3.8) is 0 Å². The minimum atomic E-state index is -3.67. The van der Waals surface area contributed by atoms with Crippen LogP contribution in [0.5, 0.6) is 0 Å². The van der Waals surface area contributed by atoms with E-state index in [4.69, 9.17) is 0 Å². The highest BCUT2D eigenvalue weighted by molar-refractivity contribution is 5.18. The van der Waals surface area contributed by atoms with E-state index < -0.39 is 35.9 Å². The quantitative estimate of drug-likeness (QED) is 0.439. The van der Waals surface area contributed by atoms with E-state index in [1.807, 2.05) is 0 Å². The van der Waals surface area contributed by atoms with E-state index >= 15 is 0 Å². The van der Waals surface area contributed by atoms with Crippen LogP contribution in [0.15, 0.2) is 12.2 Å². The molecule has 0 aromatic rings. The predicted octanol–water partition coefficient (Wildman–Crippen LogP) is 2.64. The van der Waals surface area contributed by atoms with Crippen molar-refractivity contribution in [1.29, 1.82) is 0 Å². The monoisotopic (exact) mass is 208 g/mol. The van der Waals surface area contributed by atoms with Crippen LogP contribution in [-0.2, 0) is 4.74 Å². The number of alkyl halides is 4. The van der Waals surface area contributed by atoms with Crippen molar-refractivity contribution in [3.05, 3.63) is 12.2 Å². The topological polar surface area (TPSA) is 9.23 Å². The fourth-order valence-corrected chi connectivity index (χ4v) is 3.06. The lowest BCUT2D eigenvalue weighted by molar-refractivity contribution is -0.345. The fraction of sp³-hybridized carbons (Fsp3) is 0.778. The maximum atomic E-state index is 13.1. The van der Waals surface area contributed by atoms with Crippen molar-refractivity contribution in [1.82, 2.24) is 0 Å². The summed E-state index contributed by atoms with van der Waals surface area (Å²) in [7, 11) is 0. The lowest BCUT2D eigenvalue weighted by Gasteiger charge is -2.22. The summed E-state index contributed by atoms with van der Waals surface area (Å²) in [6.45, 7) is 0. The molecule has 1 saturated heterocycles. The number of ether oxygens (including phenoxy) is 1. The van der Waals surface area contributed by atoms with Crippen LogP contribution in [0.1, 0.15) is 6.42 Å². The zero-order valence-electron chi connectivity index (χ0n) is 7.09. The van der Waals surface area contributed by atoms with Crippen molar-refractivity contribution in [2.75, 3.05) is 0 Å². The van der Waals surface area contributed by atoms with Crippen LogP contribution in [0.25, 0.3) is 0 Å². The van der Waals surface area contributed by atoms with Crippen LogP contribution < -0.4 is 0 Å². The summed E-state index contributed by atoms with van der Waals surface area (Å²) in [6, 6.07) is 0. The van der Waals surface area contributed by atoms with Gasteiger partial charge < -0.3 is 0 Å². The van der Waals surface area contributed by atoms with Gasteiger partial charge in [0, 0.05) is 0 Å². The molecule has 0 spiro atoms. The molecule has 0 amide bonds. The third kappa shape index (κ3) is 0.840. The molecule has 0 aromatic carbocycles. The Kier molecular flexibility index (Phi) is 1.34. The molecule has 0 radical (unpaired) electrons. The van der Waals surface area contributed by atoms with Crippen LogP contribution in [0.4, 0.5) is 17.6 Å². The van der Waals surface area contributed by atoms with Crippen molar-refractivity contribution >= 4 is 0 Å². The van der Waals surface area contributed by atoms with Gasteiger partial charge in [-0.05, 0) is 18.3 Å². The van der Waals surface area contributed by atoms with Crippen LogP contribution in [0, 0.1) is 23.7 Å². The molecule has 1 nitrogen and oxygen atoms in total. The molecule has 0 N–H and O–H groups in total. The molecule has 0 aromatic heterocycles. The summed E-state index contributed by atoms with van der Waals surface area (Å²) in [6.07, 6.45) is -3.68. The van der Waals surface area contributed by atoms with Gasteiger partial charge in [-0.25, -0.2) is 0 Å². The molecule has 2 fully saturated rings. The molecule has 3 rings (SSSR count). The number of halogens is 4. The maximum absolute atomic E-state index is 13.1. The van der Waals surface area contributed by atoms with Gasteiger partial charge in [-0.1, -0.05) is 12.2 Å². The summed E-state index contributed by atoms with van der Waals surface area (Å²) in [4.78, 5) is 0. The second kappa shape index (κ2) is 2.15. The lowest BCUT2D eigenvalue weighted by atomic mass is 9.83. The van der Waals surface area contributed by atoms with E-state index in [9.17, 15) is 17.6 Å². The predicted molar refractivity (Wildman–Crippen MR) is 38.7 cm³/mol. The zero-order chi connectivity index (χ0) is 10.1. The second-order valence-electron chi connectivity index (χ2n) is 4.23. The van der Waals surface area contributed by atoms with E-state index in [2.05, 4.69) is 4.74 Å². The molecule has 2 bridgehead atoms. The Labute approximate surface area is 77.7 Å². The molecule has 2 aliphatic carbocycles. The van der Waals surface area contributed by atoms with Gasteiger partial charge in [-0.2, -0.15) is 17.6 Å². The largest absolute Gasteiger partial charge is 0.364 e. The van der Waals surface area contributed by atoms with Gasteiger partial charge in [0.25, 0.3) is 0 Å². The van der Waals surface area contributed by atoms with Gasteiger partial charge in [0.1, 0.15) is 0 Å². The minimum Gasteiger partial charge on any atom is -0.255 e. The van der Waals surface area contributed by atoms with Gasteiger partial charge in [0.2, 0.25) is 0 Å². The van der Waals surface area contributed by atoms with Crippen LogP contribution >= 0.6 is 0 Å². The van der Waals surface area contributed by atoms with E-state index in [1.165, 1.54) is 0 Å². The first-order chi connectivity index (χ1) is 6.42. The van der Waals surface area contributed by atoms with Gasteiger partial charge >= 0.3 is 12.2 Å². The molecule has 4 atom stereocenters. The van der Waals surface area contributed by atoms with E-state index in [-0.39, 0.29) is 0 Å². The molecule has 78 valence electrons. The molecule has 3 aliphatic rings. The first kappa shape index (κ1) is 8.71. The number of allylic oxidation sites excluding steroid dienone is 2. The normalized spacial score (nSPS) is 51.1. The molecule has 1 aliphatic heterocycles. The number of hydrogen-bond donors (Lipinski definition) is 0. The van der Waals surface area contributed by atoms with Crippen molar-refractivity contribution in [2.24, 2.45) is 23.7 Å². The molecule has 4 unspecified atom stereocenters. The zero-order valence-corrected chi connectivity index (χ0v) is 7.09. The Morgan fingerprint density at radius 3 is 1.79 bits per heavy atom. The van der Waals surface area contributed by atoms with E-state index in [1.54, 1.807) is 12.2 Å². The number of fused-ring (bicyclic) bond motifs is 5. The Hall–Kier alpha value is -0.580. The first-order valence-corrected chi connectivity index (χ1v) is 4.56. The summed E-state index contributed by atoms with van der Waals surface area (Å²) in [5.41, 5.74) is 0. The third-order valence-corrected chi connectivity index (χ3v) is 3.51. The van der Waals surface area contributed by atoms with Crippen LogP contribution in [0.2, 0.25) is 0 Å². The SMILES string of the molecule is FC1(F)OC(F)(F)C2C3C=CC(C3)C21. The van der Waals surface area contributed by atoms with Crippen molar-refractivity contribution in [2.45, 2.75) is 18.6 Å². The third-order valence-electron chi connectivity index (χ3n) is 3.51. The number of rotatable bonds is 0. The smallest absolute Gasteiger partial charge is 0.255 e. The minimum absolute atomic E-state index is 0.421. The Morgan fingerprint density at radius 2 is 1.36 bits per heavy atom. The highest BCUT2D eigenvalue weighted by atomic mass is 19.3. The molecular formula is C9H8F4O. The summed E-state index contributed by atoms with van der Waals surface area (Å²) < 4.78 is 56.0. The number of hydrogen-bond acceptors (Lipinski definition) is 1. The van der Waals surface area contributed by atoms with Crippen LogP contribution in [0.3, 0.4) is 0 Å². The lowest BCUT2D eigenvalue weighted by Crippen LogP contribution is -2.31. The van der Waals surface area contributed by atoms with Crippen LogP contribution in [-0.4, -0.2) is 12.2 Å². The average molecular weight is 208 g/mol. The highest BCUT2D eigenvalue weighted by Gasteiger charge is 2.73. The fourth-order valence-electron chi connectivity index (χ4n) is 3.06. The highest BCUT2D eigenvalue weighted by Crippen LogP contribution is 2.64. The Bertz CT molecular complexity index is 284. The average Bonchev–Trinajstić information content (AvgIpc) is 2.61. The van der Waals surface area contributed by atoms with E-state index in [0.29, 0.717) is 6.42 Å². The second-order valence-corrected chi connectivity index (χ2v) is 4.23. The summed E-state index contributed by atoms with van der Waals surface area (Å²) in [5.74, 6) is -3.53. The van der Waals surface area contributed by atoms with Gasteiger partial charge in [-0.15, -0.1) is 0 Å². The summed E-state index contributed by atoms with van der Waals surface area (Å²) >= 11 is 0. The maximum Gasteiger partial charge on any atom is 0.364 e. The molecule has 1 heterocycles. The Morgan fingerprint density at radius 1 is 0.929 bits per heavy atom. The Balaban J connectivity index is 2.06. The van der Waals surface area contributed by atoms with Crippen molar-refractivity contribution in [3.8, 4) is 0 Å². The first-order valence-electron chi connectivity index (χ1n) is 4.56. The van der Waals surface area contributed by atoms with E-state index in [0.717, 1.165) is 0 Å². The molecular weight excluding hydrogens is 200 g/mol.